The standard InChI is InChI=1S/C17H23N3/c1-2-11-20-16(9-10-19-20)17(18)15-8-7-13-5-3-4-6-14(13)12-15/h3-6,9-10,15,17H,2,7-8,11-12,18H2,1H3. The fourth-order valence-electron chi connectivity index (χ4n) is 3.30. The molecule has 20 heavy (non-hydrogen) atoms. The number of rotatable bonds is 4. The number of nitrogens with zero attached hydrogens (tertiary/aromatic N) is 2. The molecule has 2 atom stereocenters. The number of benzene rings is 1. The molecule has 2 unspecified atom stereocenters. The Labute approximate surface area is 120 Å². The summed E-state index contributed by atoms with van der Waals surface area (Å²) in [5.74, 6) is 0.525. The molecule has 3 nitrogen and oxygen atoms in total. The van der Waals surface area contributed by atoms with Crippen molar-refractivity contribution in [2.24, 2.45) is 11.7 Å². The second kappa shape index (κ2) is 5.80. The second-order valence-electron chi connectivity index (χ2n) is 5.78. The lowest BCUT2D eigenvalue weighted by molar-refractivity contribution is 0.362. The van der Waals surface area contributed by atoms with Crippen LogP contribution < -0.4 is 5.73 Å². The Kier molecular flexibility index (Phi) is 3.88. The van der Waals surface area contributed by atoms with Gasteiger partial charge in [-0.1, -0.05) is 31.2 Å². The van der Waals surface area contributed by atoms with E-state index >= 15 is 0 Å². The van der Waals surface area contributed by atoms with Crippen LogP contribution in [0.1, 0.15) is 42.6 Å². The highest BCUT2D eigenvalue weighted by Crippen LogP contribution is 2.32. The Morgan fingerprint density at radius 1 is 1.30 bits per heavy atom. The number of fused-ring (bicyclic) bond motifs is 1. The van der Waals surface area contributed by atoms with Crippen LogP contribution in [0.3, 0.4) is 0 Å². The number of hydrogen-bond acceptors (Lipinski definition) is 2. The molecule has 106 valence electrons. The highest BCUT2D eigenvalue weighted by molar-refractivity contribution is 5.30. The maximum atomic E-state index is 6.54. The molecule has 1 aliphatic rings. The topological polar surface area (TPSA) is 43.8 Å². The number of nitrogens with two attached hydrogens (primary N) is 1. The van der Waals surface area contributed by atoms with Crippen LogP contribution in [0.4, 0.5) is 0 Å². The molecule has 0 fully saturated rings. The van der Waals surface area contributed by atoms with E-state index in [0.717, 1.165) is 25.8 Å². The Balaban J connectivity index is 1.78. The molecule has 0 radical (unpaired) electrons. The summed E-state index contributed by atoms with van der Waals surface area (Å²) in [4.78, 5) is 0. The van der Waals surface area contributed by atoms with Crippen molar-refractivity contribution in [1.82, 2.24) is 9.78 Å². The molecule has 0 aliphatic heterocycles. The highest BCUT2D eigenvalue weighted by atomic mass is 15.3. The summed E-state index contributed by atoms with van der Waals surface area (Å²) in [6, 6.07) is 10.9. The molecule has 3 heteroatoms. The lowest BCUT2D eigenvalue weighted by Gasteiger charge is -2.29. The smallest absolute Gasteiger partial charge is 0.0554 e. The normalized spacial score (nSPS) is 19.6. The van der Waals surface area contributed by atoms with Crippen molar-refractivity contribution in [2.45, 2.75) is 45.2 Å². The van der Waals surface area contributed by atoms with E-state index in [2.05, 4.69) is 47.0 Å². The van der Waals surface area contributed by atoms with Gasteiger partial charge in [0.25, 0.3) is 0 Å². The van der Waals surface area contributed by atoms with Crippen molar-refractivity contribution in [3.63, 3.8) is 0 Å². The highest BCUT2D eigenvalue weighted by Gasteiger charge is 2.26. The predicted molar refractivity (Wildman–Crippen MR) is 81.4 cm³/mol. The first-order chi connectivity index (χ1) is 9.79. The van der Waals surface area contributed by atoms with Crippen molar-refractivity contribution in [3.8, 4) is 0 Å². The molecule has 1 aromatic heterocycles. The molecule has 3 rings (SSSR count). The van der Waals surface area contributed by atoms with Gasteiger partial charge in [0.15, 0.2) is 0 Å². The Morgan fingerprint density at radius 3 is 2.90 bits per heavy atom. The minimum absolute atomic E-state index is 0.0948. The molecule has 0 bridgehead atoms. The van der Waals surface area contributed by atoms with Gasteiger partial charge in [0.05, 0.1) is 5.69 Å². The average Bonchev–Trinajstić information content (AvgIpc) is 2.94. The van der Waals surface area contributed by atoms with Crippen LogP contribution in [0, 0.1) is 5.92 Å². The Morgan fingerprint density at radius 2 is 2.10 bits per heavy atom. The largest absolute Gasteiger partial charge is 0.322 e. The van der Waals surface area contributed by atoms with Crippen molar-refractivity contribution in [1.29, 1.82) is 0 Å². The van der Waals surface area contributed by atoms with Gasteiger partial charge >= 0.3 is 0 Å². The summed E-state index contributed by atoms with van der Waals surface area (Å²) in [7, 11) is 0. The summed E-state index contributed by atoms with van der Waals surface area (Å²) >= 11 is 0. The van der Waals surface area contributed by atoms with Crippen LogP contribution in [-0.2, 0) is 19.4 Å². The maximum Gasteiger partial charge on any atom is 0.0554 e. The molecule has 1 heterocycles. The van der Waals surface area contributed by atoms with E-state index in [-0.39, 0.29) is 6.04 Å². The quantitative estimate of drug-likeness (QED) is 0.927. The molecule has 2 aromatic rings. The van der Waals surface area contributed by atoms with Gasteiger partial charge < -0.3 is 5.73 Å². The third kappa shape index (κ3) is 2.50. The number of aryl methyl sites for hydroxylation is 2. The molecular formula is C17H23N3. The molecule has 1 aliphatic carbocycles. The molecule has 1 aromatic carbocycles. The van der Waals surface area contributed by atoms with Crippen molar-refractivity contribution >= 4 is 0 Å². The van der Waals surface area contributed by atoms with Gasteiger partial charge in [0.1, 0.15) is 0 Å². The maximum absolute atomic E-state index is 6.54. The van der Waals surface area contributed by atoms with E-state index in [9.17, 15) is 0 Å². The number of aromatic nitrogens is 2. The van der Waals surface area contributed by atoms with E-state index < -0.39 is 0 Å². The van der Waals surface area contributed by atoms with E-state index in [1.807, 2.05) is 6.20 Å². The SMILES string of the molecule is CCCn1nccc1C(N)C1CCc2ccccc2C1. The van der Waals surface area contributed by atoms with Crippen molar-refractivity contribution in [3.05, 3.63) is 53.3 Å². The first kappa shape index (κ1) is 13.4. The second-order valence-corrected chi connectivity index (χ2v) is 5.78. The van der Waals surface area contributed by atoms with Gasteiger partial charge in [-0.3, -0.25) is 4.68 Å². The summed E-state index contributed by atoms with van der Waals surface area (Å²) < 4.78 is 2.07. The fourth-order valence-corrected chi connectivity index (χ4v) is 3.30. The Hall–Kier alpha value is -1.61. The van der Waals surface area contributed by atoms with Gasteiger partial charge in [-0.2, -0.15) is 5.10 Å². The first-order valence-electron chi connectivity index (χ1n) is 7.63. The zero-order chi connectivity index (χ0) is 13.9. The van der Waals surface area contributed by atoms with Crippen LogP contribution >= 0.6 is 0 Å². The van der Waals surface area contributed by atoms with Crippen molar-refractivity contribution in [2.75, 3.05) is 0 Å². The van der Waals surface area contributed by atoms with Crippen LogP contribution in [0.5, 0.6) is 0 Å². The van der Waals surface area contributed by atoms with Gasteiger partial charge in [-0.15, -0.1) is 0 Å². The third-order valence-corrected chi connectivity index (χ3v) is 4.42. The van der Waals surface area contributed by atoms with E-state index in [4.69, 9.17) is 5.73 Å². The molecular weight excluding hydrogens is 246 g/mol. The zero-order valence-corrected chi connectivity index (χ0v) is 12.1. The van der Waals surface area contributed by atoms with E-state index in [1.165, 1.54) is 23.2 Å². The molecule has 0 saturated heterocycles. The van der Waals surface area contributed by atoms with E-state index in [1.54, 1.807) is 0 Å². The van der Waals surface area contributed by atoms with Crippen LogP contribution in [-0.4, -0.2) is 9.78 Å². The predicted octanol–water partition coefficient (Wildman–Crippen LogP) is 3.10. The molecule has 0 amide bonds. The minimum Gasteiger partial charge on any atom is -0.322 e. The third-order valence-electron chi connectivity index (χ3n) is 4.42. The van der Waals surface area contributed by atoms with Crippen molar-refractivity contribution < 1.29 is 0 Å². The van der Waals surface area contributed by atoms with Crippen LogP contribution in [0.25, 0.3) is 0 Å². The minimum atomic E-state index is 0.0948. The van der Waals surface area contributed by atoms with E-state index in [0.29, 0.717) is 5.92 Å². The summed E-state index contributed by atoms with van der Waals surface area (Å²) in [6.07, 6.45) is 6.39. The summed E-state index contributed by atoms with van der Waals surface area (Å²) in [6.45, 7) is 3.13. The first-order valence-corrected chi connectivity index (χ1v) is 7.63. The lowest BCUT2D eigenvalue weighted by Crippen LogP contribution is -2.29. The monoisotopic (exact) mass is 269 g/mol. The molecule has 0 spiro atoms. The van der Waals surface area contributed by atoms with Crippen LogP contribution in [0.15, 0.2) is 36.5 Å². The Bertz CT molecular complexity index is 573. The fraction of sp³-hybridized carbons (Fsp3) is 0.471. The molecule has 0 saturated carbocycles. The van der Waals surface area contributed by atoms with Gasteiger partial charge in [0.2, 0.25) is 0 Å². The summed E-state index contributed by atoms with van der Waals surface area (Å²) in [5.41, 5.74) is 10.7. The van der Waals surface area contributed by atoms with Crippen LogP contribution in [0.2, 0.25) is 0 Å². The molecule has 2 N–H and O–H groups in total. The summed E-state index contributed by atoms with van der Waals surface area (Å²) in [5, 5.41) is 4.40. The average molecular weight is 269 g/mol. The van der Waals surface area contributed by atoms with Gasteiger partial charge in [-0.25, -0.2) is 0 Å². The van der Waals surface area contributed by atoms with Gasteiger partial charge in [-0.05, 0) is 48.8 Å². The number of hydrogen-bond donors (Lipinski definition) is 1. The zero-order valence-electron chi connectivity index (χ0n) is 12.1. The lowest BCUT2D eigenvalue weighted by atomic mass is 9.79. The van der Waals surface area contributed by atoms with Gasteiger partial charge in [0, 0.05) is 18.8 Å².